The number of nitro groups is 1. The summed E-state index contributed by atoms with van der Waals surface area (Å²) in [6.07, 6.45) is 4.78. The van der Waals surface area contributed by atoms with Crippen LogP contribution in [0.5, 0.6) is 5.75 Å². The fraction of sp³-hybridized carbons (Fsp3) is 0.148. The lowest BCUT2D eigenvalue weighted by Gasteiger charge is -2.13. The summed E-state index contributed by atoms with van der Waals surface area (Å²) >= 11 is 0. The molecule has 10 heteroatoms. The Bertz CT molecular complexity index is 1560. The number of allylic oxidation sites excluding steroid dienone is 1. The van der Waals surface area contributed by atoms with Gasteiger partial charge in [-0.25, -0.2) is 9.78 Å². The van der Waals surface area contributed by atoms with E-state index in [1.807, 2.05) is 30.3 Å². The quantitative estimate of drug-likeness (QED) is 0.213. The Morgan fingerprint density at radius 2 is 2.00 bits per heavy atom. The Kier molecular flexibility index (Phi) is 6.38. The predicted molar refractivity (Wildman–Crippen MR) is 135 cm³/mol. The number of nitro benzene ring substituents is 1. The number of nitrogens with one attached hydrogen (secondary N) is 1. The van der Waals surface area contributed by atoms with E-state index < -0.39 is 23.4 Å². The maximum Gasteiger partial charge on any atom is 0.339 e. The summed E-state index contributed by atoms with van der Waals surface area (Å²) < 4.78 is 16.0. The van der Waals surface area contributed by atoms with Crippen molar-refractivity contribution in [1.82, 2.24) is 4.98 Å². The number of carbonyl (C=O) groups excluding carboxylic acids is 2. The lowest BCUT2D eigenvalue weighted by atomic mass is 10.0. The molecule has 0 saturated heterocycles. The summed E-state index contributed by atoms with van der Waals surface area (Å²) in [5.41, 5.74) is 3.48. The third-order valence-corrected chi connectivity index (χ3v) is 6.01. The van der Waals surface area contributed by atoms with Crippen LogP contribution in [0.2, 0.25) is 0 Å². The van der Waals surface area contributed by atoms with Crippen LogP contribution >= 0.6 is 0 Å². The van der Waals surface area contributed by atoms with Gasteiger partial charge in [-0.05, 0) is 54.3 Å². The number of methoxy groups -OCH3 is 1. The van der Waals surface area contributed by atoms with Crippen LogP contribution in [0.1, 0.15) is 33.8 Å². The van der Waals surface area contributed by atoms with Gasteiger partial charge in [0.2, 0.25) is 0 Å². The van der Waals surface area contributed by atoms with Crippen molar-refractivity contribution in [3.8, 4) is 5.75 Å². The summed E-state index contributed by atoms with van der Waals surface area (Å²) in [6, 6.07) is 14.7. The number of pyridine rings is 1. The van der Waals surface area contributed by atoms with Crippen molar-refractivity contribution < 1.29 is 28.4 Å². The molecule has 1 aliphatic rings. The van der Waals surface area contributed by atoms with Crippen LogP contribution in [0.4, 0.5) is 11.4 Å². The number of esters is 1. The Hall–Kier alpha value is -4.99. The number of nitrogens with zero attached hydrogens (tertiary/aromatic N) is 2. The van der Waals surface area contributed by atoms with E-state index in [0.717, 1.165) is 11.1 Å². The molecule has 1 N–H and O–H groups in total. The molecule has 0 aliphatic heterocycles. The van der Waals surface area contributed by atoms with E-state index >= 15 is 0 Å². The molecule has 5 rings (SSSR count). The van der Waals surface area contributed by atoms with E-state index in [0.29, 0.717) is 40.8 Å². The van der Waals surface area contributed by atoms with E-state index in [9.17, 15) is 19.7 Å². The maximum absolute atomic E-state index is 13.3. The van der Waals surface area contributed by atoms with Crippen molar-refractivity contribution in [3.63, 3.8) is 0 Å². The topological polar surface area (TPSA) is 134 Å². The van der Waals surface area contributed by atoms with Crippen LogP contribution in [-0.2, 0) is 16.0 Å². The normalized spacial score (nSPS) is 13.4. The highest BCUT2D eigenvalue weighted by molar-refractivity contribution is 6.08. The van der Waals surface area contributed by atoms with Crippen LogP contribution in [0.15, 0.2) is 65.3 Å². The zero-order valence-corrected chi connectivity index (χ0v) is 19.7. The molecule has 10 nitrogen and oxygen atoms in total. The highest BCUT2D eigenvalue weighted by Crippen LogP contribution is 2.38. The molecule has 0 spiro atoms. The third kappa shape index (κ3) is 4.76. The average molecular weight is 499 g/mol. The number of rotatable bonds is 7. The maximum atomic E-state index is 13.3. The highest BCUT2D eigenvalue weighted by Gasteiger charge is 2.28. The van der Waals surface area contributed by atoms with Gasteiger partial charge >= 0.3 is 5.97 Å². The number of ether oxygens (including phenoxy) is 2. The van der Waals surface area contributed by atoms with Crippen molar-refractivity contribution >= 4 is 45.8 Å². The summed E-state index contributed by atoms with van der Waals surface area (Å²) in [7, 11) is 1.33. The number of hydrogen-bond acceptors (Lipinski definition) is 8. The number of benzene rings is 2. The average Bonchev–Trinajstić information content (AvgIpc) is 3.56. The van der Waals surface area contributed by atoms with Gasteiger partial charge in [-0.15, -0.1) is 0 Å². The molecule has 1 amide bonds. The number of non-ortho nitro benzene ring substituents is 1. The standard InChI is InChI=1S/C27H21N3O7/c1-35-23-14-17(30(33)34)9-11-22(23)28-24(31)15-37-27(32)25-19-6-2-3-7-21(19)29-26-16(8-10-20(25)26)13-18-5-4-12-36-18/h2-7,9,11-14H,8,10,15H2,1H3,(H,28,31)/b16-13+. The second kappa shape index (κ2) is 9.94. The van der Waals surface area contributed by atoms with Crippen LogP contribution in [0, 0.1) is 10.1 Å². The van der Waals surface area contributed by atoms with Crippen molar-refractivity contribution in [1.29, 1.82) is 0 Å². The molecule has 1 aliphatic carbocycles. The van der Waals surface area contributed by atoms with Gasteiger partial charge in [-0.2, -0.15) is 0 Å². The molecular weight excluding hydrogens is 478 g/mol. The second-order valence-corrected chi connectivity index (χ2v) is 8.28. The number of fused-ring (bicyclic) bond motifs is 2. The van der Waals surface area contributed by atoms with Crippen LogP contribution in [0.25, 0.3) is 22.6 Å². The fourth-order valence-electron chi connectivity index (χ4n) is 4.34. The molecular formula is C27H21N3O7. The smallest absolute Gasteiger partial charge is 0.339 e. The minimum absolute atomic E-state index is 0.114. The predicted octanol–water partition coefficient (Wildman–Crippen LogP) is 5.03. The molecule has 0 atom stereocenters. The van der Waals surface area contributed by atoms with Crippen molar-refractivity contribution in [2.45, 2.75) is 12.8 Å². The minimum atomic E-state index is -0.639. The molecule has 0 fully saturated rings. The molecule has 2 aromatic heterocycles. The number of anilines is 1. The Morgan fingerprint density at radius 3 is 2.76 bits per heavy atom. The molecule has 2 aromatic carbocycles. The Balaban J connectivity index is 1.38. The van der Waals surface area contributed by atoms with E-state index in [1.54, 1.807) is 18.4 Å². The van der Waals surface area contributed by atoms with Gasteiger partial charge in [0.25, 0.3) is 11.6 Å². The first-order chi connectivity index (χ1) is 17.9. The number of furan rings is 1. The van der Waals surface area contributed by atoms with Crippen LogP contribution in [0.3, 0.4) is 0 Å². The minimum Gasteiger partial charge on any atom is -0.494 e. The van der Waals surface area contributed by atoms with Gasteiger partial charge in [0, 0.05) is 11.5 Å². The van der Waals surface area contributed by atoms with Crippen LogP contribution in [-0.4, -0.2) is 35.5 Å². The number of carbonyl (C=O) groups is 2. The van der Waals surface area contributed by atoms with E-state index in [2.05, 4.69) is 5.32 Å². The molecule has 0 bridgehead atoms. The van der Waals surface area contributed by atoms with Gasteiger partial charge < -0.3 is 19.2 Å². The first kappa shape index (κ1) is 23.7. The van der Waals surface area contributed by atoms with Crippen molar-refractivity contribution in [2.75, 3.05) is 19.0 Å². The summed E-state index contributed by atoms with van der Waals surface area (Å²) in [6.45, 7) is -0.556. The van der Waals surface area contributed by atoms with Gasteiger partial charge in [-0.3, -0.25) is 14.9 Å². The fourth-order valence-corrected chi connectivity index (χ4v) is 4.34. The largest absolute Gasteiger partial charge is 0.494 e. The third-order valence-electron chi connectivity index (χ3n) is 6.01. The summed E-state index contributed by atoms with van der Waals surface area (Å²) in [5.74, 6) is -0.447. The SMILES string of the molecule is COc1cc([N+](=O)[O-])ccc1NC(=O)COC(=O)c1c2c(nc3ccccc13)/C(=C/c1ccco1)CC2. The second-order valence-electron chi connectivity index (χ2n) is 8.28. The van der Waals surface area contributed by atoms with Crippen molar-refractivity contribution in [3.05, 3.63) is 93.6 Å². The molecule has 0 radical (unpaired) electrons. The number of aromatic nitrogens is 1. The number of amides is 1. The lowest BCUT2D eigenvalue weighted by Crippen LogP contribution is -2.22. The summed E-state index contributed by atoms with van der Waals surface area (Å²) in [4.78, 5) is 41.0. The van der Waals surface area contributed by atoms with Gasteiger partial charge in [0.1, 0.15) is 11.5 Å². The van der Waals surface area contributed by atoms with Crippen LogP contribution < -0.4 is 10.1 Å². The number of para-hydroxylation sites is 1. The molecule has 0 unspecified atom stereocenters. The number of hydrogen-bond donors (Lipinski definition) is 1. The Labute approximate surface area is 210 Å². The van der Waals surface area contributed by atoms with Crippen molar-refractivity contribution in [2.24, 2.45) is 0 Å². The molecule has 0 saturated carbocycles. The van der Waals surface area contributed by atoms with E-state index in [-0.39, 0.29) is 17.1 Å². The van der Waals surface area contributed by atoms with Gasteiger partial charge in [-0.1, -0.05) is 18.2 Å². The zero-order chi connectivity index (χ0) is 25.9. The zero-order valence-electron chi connectivity index (χ0n) is 19.7. The molecule has 37 heavy (non-hydrogen) atoms. The van der Waals surface area contributed by atoms with Gasteiger partial charge in [0.15, 0.2) is 6.61 Å². The molecule has 2 heterocycles. The first-order valence-electron chi connectivity index (χ1n) is 11.4. The summed E-state index contributed by atoms with van der Waals surface area (Å²) in [5, 5.41) is 14.2. The lowest BCUT2D eigenvalue weighted by molar-refractivity contribution is -0.384. The Morgan fingerprint density at radius 1 is 1.16 bits per heavy atom. The van der Waals surface area contributed by atoms with E-state index in [4.69, 9.17) is 18.9 Å². The van der Waals surface area contributed by atoms with Gasteiger partial charge in [0.05, 0.1) is 46.8 Å². The molecule has 4 aromatic rings. The van der Waals surface area contributed by atoms with E-state index in [1.165, 1.54) is 25.3 Å². The molecule has 186 valence electrons. The highest BCUT2D eigenvalue weighted by atomic mass is 16.6. The monoisotopic (exact) mass is 499 g/mol. The first-order valence-corrected chi connectivity index (χ1v) is 11.4.